The Balaban J connectivity index is 2.59. The minimum atomic E-state index is 0.255. The highest BCUT2D eigenvalue weighted by atomic mass is 32.2. The van der Waals surface area contributed by atoms with Crippen LogP contribution in [0, 0.1) is 5.41 Å². The van der Waals surface area contributed by atoms with Gasteiger partial charge in [0.1, 0.15) is 0 Å². The van der Waals surface area contributed by atoms with Gasteiger partial charge in [0.2, 0.25) is 0 Å². The van der Waals surface area contributed by atoms with Gasteiger partial charge in [-0.1, -0.05) is 18.2 Å². The molecule has 1 aromatic carbocycles. The second kappa shape index (κ2) is 7.17. The standard InChI is InChI=1S/C12H19N3S/c1-16-10-9-15(8-7-12(13)14)11-5-3-2-4-6-11/h2-6H,7-10H2,1H3,(H3,13,14). The van der Waals surface area contributed by atoms with Gasteiger partial charge in [0.05, 0.1) is 5.84 Å². The van der Waals surface area contributed by atoms with E-state index < -0.39 is 0 Å². The lowest BCUT2D eigenvalue weighted by atomic mass is 10.2. The van der Waals surface area contributed by atoms with Crippen LogP contribution < -0.4 is 10.6 Å². The van der Waals surface area contributed by atoms with Crippen LogP contribution in [-0.2, 0) is 0 Å². The van der Waals surface area contributed by atoms with Crippen LogP contribution in [0.3, 0.4) is 0 Å². The first kappa shape index (κ1) is 12.9. The van der Waals surface area contributed by atoms with Gasteiger partial charge in [-0.05, 0) is 18.4 Å². The third-order valence-corrected chi connectivity index (χ3v) is 2.93. The lowest BCUT2D eigenvalue weighted by Crippen LogP contribution is -2.29. The topological polar surface area (TPSA) is 53.1 Å². The van der Waals surface area contributed by atoms with E-state index in [1.54, 1.807) is 0 Å². The van der Waals surface area contributed by atoms with Crippen molar-refractivity contribution in [2.45, 2.75) is 6.42 Å². The Morgan fingerprint density at radius 1 is 1.31 bits per heavy atom. The molecule has 16 heavy (non-hydrogen) atoms. The second-order valence-corrected chi connectivity index (χ2v) is 4.58. The molecule has 4 heteroatoms. The zero-order valence-corrected chi connectivity index (χ0v) is 10.5. The molecule has 0 heterocycles. The van der Waals surface area contributed by atoms with Crippen LogP contribution in [0.15, 0.2) is 30.3 Å². The van der Waals surface area contributed by atoms with E-state index in [0.29, 0.717) is 6.42 Å². The Morgan fingerprint density at radius 3 is 2.56 bits per heavy atom. The largest absolute Gasteiger partial charge is 0.388 e. The van der Waals surface area contributed by atoms with Crippen molar-refractivity contribution < 1.29 is 0 Å². The molecule has 0 aliphatic heterocycles. The number of hydrogen-bond donors (Lipinski definition) is 2. The highest BCUT2D eigenvalue weighted by Crippen LogP contribution is 2.14. The first-order chi connectivity index (χ1) is 7.74. The van der Waals surface area contributed by atoms with Gasteiger partial charge >= 0.3 is 0 Å². The second-order valence-electron chi connectivity index (χ2n) is 3.59. The van der Waals surface area contributed by atoms with E-state index in [2.05, 4.69) is 23.3 Å². The summed E-state index contributed by atoms with van der Waals surface area (Å²) in [6.45, 7) is 1.82. The van der Waals surface area contributed by atoms with Gasteiger partial charge in [-0.2, -0.15) is 11.8 Å². The molecular weight excluding hydrogens is 218 g/mol. The Hall–Kier alpha value is -1.16. The molecular formula is C12H19N3S. The fourth-order valence-electron chi connectivity index (χ4n) is 1.47. The first-order valence-electron chi connectivity index (χ1n) is 5.36. The first-order valence-corrected chi connectivity index (χ1v) is 6.75. The van der Waals surface area contributed by atoms with E-state index in [-0.39, 0.29) is 5.84 Å². The van der Waals surface area contributed by atoms with E-state index in [4.69, 9.17) is 11.1 Å². The third kappa shape index (κ3) is 4.57. The average Bonchev–Trinajstić information content (AvgIpc) is 2.30. The third-order valence-electron chi connectivity index (χ3n) is 2.34. The molecule has 3 nitrogen and oxygen atoms in total. The van der Waals surface area contributed by atoms with Crippen molar-refractivity contribution >= 4 is 23.3 Å². The van der Waals surface area contributed by atoms with Crippen molar-refractivity contribution in [2.75, 3.05) is 30.0 Å². The van der Waals surface area contributed by atoms with Crippen molar-refractivity contribution in [2.24, 2.45) is 5.73 Å². The summed E-state index contributed by atoms with van der Waals surface area (Å²) in [7, 11) is 0. The van der Waals surface area contributed by atoms with Crippen LogP contribution in [-0.4, -0.2) is 30.9 Å². The fraction of sp³-hybridized carbons (Fsp3) is 0.417. The Labute approximate surface area is 102 Å². The average molecular weight is 237 g/mol. The number of anilines is 1. The Morgan fingerprint density at radius 2 is 2.00 bits per heavy atom. The quantitative estimate of drug-likeness (QED) is 0.564. The Kier molecular flexibility index (Phi) is 5.78. The van der Waals surface area contributed by atoms with E-state index in [1.807, 2.05) is 30.0 Å². The summed E-state index contributed by atoms with van der Waals surface area (Å²) in [5, 5.41) is 7.27. The minimum absolute atomic E-state index is 0.255. The molecule has 0 amide bonds. The van der Waals surface area contributed by atoms with Crippen molar-refractivity contribution in [3.8, 4) is 0 Å². The van der Waals surface area contributed by atoms with Crippen LogP contribution in [0.4, 0.5) is 5.69 Å². The highest BCUT2D eigenvalue weighted by molar-refractivity contribution is 7.98. The predicted octanol–water partition coefficient (Wildman–Crippen LogP) is 2.18. The molecule has 1 aromatic rings. The van der Waals surface area contributed by atoms with E-state index >= 15 is 0 Å². The zero-order chi connectivity index (χ0) is 11.8. The van der Waals surface area contributed by atoms with E-state index in [1.165, 1.54) is 5.69 Å². The van der Waals surface area contributed by atoms with Gasteiger partial charge in [0.25, 0.3) is 0 Å². The van der Waals surface area contributed by atoms with Gasteiger partial charge in [0, 0.05) is 31.0 Å². The lowest BCUT2D eigenvalue weighted by Gasteiger charge is -2.24. The van der Waals surface area contributed by atoms with Crippen LogP contribution in [0.1, 0.15) is 6.42 Å². The summed E-state index contributed by atoms with van der Waals surface area (Å²) < 4.78 is 0. The Bertz CT molecular complexity index is 313. The SMILES string of the molecule is CSCCN(CCC(=N)N)c1ccccc1. The van der Waals surface area contributed by atoms with Crippen LogP contribution in [0.2, 0.25) is 0 Å². The lowest BCUT2D eigenvalue weighted by molar-refractivity contribution is 0.837. The molecule has 0 aromatic heterocycles. The summed E-state index contributed by atoms with van der Waals surface area (Å²) in [4.78, 5) is 2.28. The molecule has 0 aliphatic carbocycles. The van der Waals surface area contributed by atoms with Crippen molar-refractivity contribution in [3.63, 3.8) is 0 Å². The number of amidine groups is 1. The van der Waals surface area contributed by atoms with Gasteiger partial charge in [-0.3, -0.25) is 5.41 Å². The predicted molar refractivity (Wildman–Crippen MR) is 73.6 cm³/mol. The van der Waals surface area contributed by atoms with Gasteiger partial charge < -0.3 is 10.6 Å². The number of nitrogens with one attached hydrogen (secondary N) is 1. The molecule has 0 aliphatic rings. The summed E-state index contributed by atoms with van der Waals surface area (Å²) >= 11 is 1.83. The molecule has 0 radical (unpaired) electrons. The normalized spacial score (nSPS) is 10.1. The number of benzene rings is 1. The number of nitrogens with two attached hydrogens (primary N) is 1. The maximum atomic E-state index is 7.27. The summed E-state index contributed by atoms with van der Waals surface area (Å²) in [6.07, 6.45) is 2.73. The van der Waals surface area contributed by atoms with Crippen LogP contribution >= 0.6 is 11.8 Å². The molecule has 3 N–H and O–H groups in total. The molecule has 0 atom stereocenters. The van der Waals surface area contributed by atoms with Crippen molar-refractivity contribution in [1.29, 1.82) is 5.41 Å². The smallest absolute Gasteiger partial charge is 0.0923 e. The van der Waals surface area contributed by atoms with E-state index in [9.17, 15) is 0 Å². The molecule has 0 spiro atoms. The number of thioether (sulfide) groups is 1. The monoisotopic (exact) mass is 237 g/mol. The number of hydrogen-bond acceptors (Lipinski definition) is 3. The summed E-state index contributed by atoms with van der Waals surface area (Å²) in [5.74, 6) is 1.34. The van der Waals surface area contributed by atoms with Gasteiger partial charge in [-0.25, -0.2) is 0 Å². The highest BCUT2D eigenvalue weighted by Gasteiger charge is 2.05. The maximum Gasteiger partial charge on any atom is 0.0923 e. The maximum absolute atomic E-state index is 7.27. The number of para-hydroxylation sites is 1. The van der Waals surface area contributed by atoms with Gasteiger partial charge in [0.15, 0.2) is 0 Å². The van der Waals surface area contributed by atoms with Crippen LogP contribution in [0.25, 0.3) is 0 Å². The molecule has 0 unspecified atom stereocenters. The molecule has 1 rings (SSSR count). The summed E-state index contributed by atoms with van der Waals surface area (Å²) in [5.41, 5.74) is 6.61. The minimum Gasteiger partial charge on any atom is -0.388 e. The van der Waals surface area contributed by atoms with Crippen molar-refractivity contribution in [1.82, 2.24) is 0 Å². The molecule has 0 fully saturated rings. The molecule has 88 valence electrons. The van der Waals surface area contributed by atoms with Crippen LogP contribution in [0.5, 0.6) is 0 Å². The number of rotatable bonds is 7. The molecule has 0 saturated carbocycles. The van der Waals surface area contributed by atoms with E-state index in [0.717, 1.165) is 18.8 Å². The van der Waals surface area contributed by atoms with Gasteiger partial charge in [-0.15, -0.1) is 0 Å². The summed E-state index contributed by atoms with van der Waals surface area (Å²) in [6, 6.07) is 10.3. The number of nitrogens with zero attached hydrogens (tertiary/aromatic N) is 1. The zero-order valence-electron chi connectivity index (χ0n) is 9.65. The fourth-order valence-corrected chi connectivity index (χ4v) is 1.87. The molecule has 0 bridgehead atoms. The molecule has 0 saturated heterocycles. The van der Waals surface area contributed by atoms with Crippen molar-refractivity contribution in [3.05, 3.63) is 30.3 Å².